The van der Waals surface area contributed by atoms with Crippen molar-refractivity contribution >= 4 is 34.0 Å². The van der Waals surface area contributed by atoms with E-state index in [0.29, 0.717) is 0 Å². The molecule has 0 aromatic heterocycles. The highest BCUT2D eigenvalue weighted by Crippen LogP contribution is 2.22. The zero-order chi connectivity index (χ0) is 9.68. The van der Waals surface area contributed by atoms with Gasteiger partial charge in [-0.2, -0.15) is 0 Å². The highest BCUT2D eigenvalue weighted by Gasteiger charge is 1.97. The van der Waals surface area contributed by atoms with Crippen LogP contribution in [-0.2, 0) is 0 Å². The van der Waals surface area contributed by atoms with Gasteiger partial charge in [0.15, 0.2) is 0 Å². The quantitative estimate of drug-likeness (QED) is 0.783. The summed E-state index contributed by atoms with van der Waals surface area (Å²) >= 11 is 3.37. The van der Waals surface area contributed by atoms with Crippen molar-refractivity contribution in [2.45, 2.75) is 13.3 Å². The molecule has 1 N–H and O–H groups in total. The van der Waals surface area contributed by atoms with Crippen molar-refractivity contribution in [2.24, 2.45) is 4.99 Å². The number of aliphatic imine (C=N–C) groups is 1. The Morgan fingerprint density at radius 3 is 2.92 bits per heavy atom. The molecule has 0 spiro atoms. The Kier molecular flexibility index (Phi) is 3.83. The van der Waals surface area contributed by atoms with E-state index in [2.05, 4.69) is 20.9 Å². The van der Waals surface area contributed by atoms with E-state index in [1.165, 1.54) is 6.21 Å². The molecule has 0 unspecified atom stereocenters. The molecule has 0 bridgehead atoms. The molecule has 0 aliphatic rings. The van der Waals surface area contributed by atoms with E-state index in [4.69, 9.17) is 5.41 Å². The fourth-order valence-electron chi connectivity index (χ4n) is 0.940. The molecule has 0 atom stereocenters. The molecule has 0 saturated carbocycles. The van der Waals surface area contributed by atoms with E-state index in [1.807, 2.05) is 31.3 Å². The smallest absolute Gasteiger partial charge is 0.0724 e. The van der Waals surface area contributed by atoms with Gasteiger partial charge in [-0.25, -0.2) is 0 Å². The van der Waals surface area contributed by atoms with E-state index < -0.39 is 0 Å². The molecule has 0 aliphatic heterocycles. The molecular formula is C10H11BrN2. The van der Waals surface area contributed by atoms with E-state index in [9.17, 15) is 0 Å². The highest BCUT2D eigenvalue weighted by molar-refractivity contribution is 9.10. The van der Waals surface area contributed by atoms with Crippen LogP contribution in [-0.4, -0.2) is 12.4 Å². The summed E-state index contributed by atoms with van der Waals surface area (Å²) in [7, 11) is 0. The lowest BCUT2D eigenvalue weighted by Gasteiger charge is -1.99. The standard InChI is InChI=1S/C10H11BrN2/c1-2-5-13-10-6-9(11)4-3-8(10)7-12/h3-7,12H,2H2,1H3. The molecule has 2 nitrogen and oxygen atoms in total. The summed E-state index contributed by atoms with van der Waals surface area (Å²) in [5.74, 6) is 0. The maximum Gasteiger partial charge on any atom is 0.0724 e. The van der Waals surface area contributed by atoms with Crippen LogP contribution in [0.15, 0.2) is 27.7 Å². The maximum absolute atomic E-state index is 7.18. The van der Waals surface area contributed by atoms with E-state index >= 15 is 0 Å². The number of benzene rings is 1. The zero-order valence-corrected chi connectivity index (χ0v) is 9.01. The lowest BCUT2D eigenvalue weighted by Crippen LogP contribution is -1.81. The van der Waals surface area contributed by atoms with Crippen molar-refractivity contribution in [1.29, 1.82) is 5.41 Å². The first-order chi connectivity index (χ1) is 6.27. The largest absolute Gasteiger partial charge is 0.308 e. The summed E-state index contributed by atoms with van der Waals surface area (Å²) in [5, 5.41) is 7.18. The van der Waals surface area contributed by atoms with Gasteiger partial charge in [0.2, 0.25) is 0 Å². The monoisotopic (exact) mass is 238 g/mol. The van der Waals surface area contributed by atoms with Crippen molar-refractivity contribution in [2.75, 3.05) is 0 Å². The Morgan fingerprint density at radius 1 is 1.54 bits per heavy atom. The van der Waals surface area contributed by atoms with Gasteiger partial charge in [-0.15, -0.1) is 0 Å². The van der Waals surface area contributed by atoms with Gasteiger partial charge in [0.25, 0.3) is 0 Å². The molecular weight excluding hydrogens is 228 g/mol. The fourth-order valence-corrected chi connectivity index (χ4v) is 1.29. The molecule has 1 aromatic carbocycles. The van der Waals surface area contributed by atoms with Gasteiger partial charge in [-0.1, -0.05) is 28.9 Å². The molecule has 0 amide bonds. The van der Waals surface area contributed by atoms with E-state index in [1.54, 1.807) is 0 Å². The number of nitrogens with zero attached hydrogens (tertiary/aromatic N) is 1. The van der Waals surface area contributed by atoms with E-state index in [0.717, 1.165) is 22.1 Å². The maximum atomic E-state index is 7.18. The molecule has 3 heteroatoms. The second kappa shape index (κ2) is 4.92. The van der Waals surface area contributed by atoms with Crippen LogP contribution >= 0.6 is 15.9 Å². The Bertz CT molecular complexity index is 332. The minimum atomic E-state index is 0.839. The molecule has 68 valence electrons. The van der Waals surface area contributed by atoms with Crippen LogP contribution in [0.1, 0.15) is 18.9 Å². The lowest BCUT2D eigenvalue weighted by molar-refractivity contribution is 1.31. The highest BCUT2D eigenvalue weighted by atomic mass is 79.9. The average molecular weight is 239 g/mol. The van der Waals surface area contributed by atoms with Gasteiger partial charge in [0.1, 0.15) is 0 Å². The predicted octanol–water partition coefficient (Wildman–Crippen LogP) is 3.56. The first kappa shape index (κ1) is 10.1. The molecule has 1 rings (SSSR count). The molecule has 0 heterocycles. The molecule has 0 saturated heterocycles. The summed E-state index contributed by atoms with van der Waals surface area (Å²) in [4.78, 5) is 4.25. The number of hydrogen-bond donors (Lipinski definition) is 1. The van der Waals surface area contributed by atoms with Crippen molar-refractivity contribution in [3.8, 4) is 0 Å². The average Bonchev–Trinajstić information content (AvgIpc) is 2.15. The summed E-state index contributed by atoms with van der Waals surface area (Å²) in [6, 6.07) is 5.69. The van der Waals surface area contributed by atoms with Crippen LogP contribution < -0.4 is 0 Å². The summed E-state index contributed by atoms with van der Waals surface area (Å²) in [6.45, 7) is 2.03. The van der Waals surface area contributed by atoms with Crippen LogP contribution in [0.4, 0.5) is 5.69 Å². The van der Waals surface area contributed by atoms with Crippen molar-refractivity contribution in [3.05, 3.63) is 28.2 Å². The summed E-state index contributed by atoms with van der Waals surface area (Å²) in [6.07, 6.45) is 4.06. The van der Waals surface area contributed by atoms with Crippen LogP contribution in [0.25, 0.3) is 0 Å². The van der Waals surface area contributed by atoms with Crippen molar-refractivity contribution in [3.63, 3.8) is 0 Å². The van der Waals surface area contributed by atoms with Gasteiger partial charge >= 0.3 is 0 Å². The fraction of sp³-hybridized carbons (Fsp3) is 0.200. The minimum absolute atomic E-state index is 0.839. The van der Waals surface area contributed by atoms with Crippen LogP contribution in [0.3, 0.4) is 0 Å². The Hall–Kier alpha value is -0.960. The lowest BCUT2D eigenvalue weighted by atomic mass is 10.2. The third-order valence-electron chi connectivity index (χ3n) is 1.56. The molecule has 13 heavy (non-hydrogen) atoms. The number of halogens is 1. The first-order valence-electron chi connectivity index (χ1n) is 4.10. The SMILES string of the molecule is CCC=Nc1cc(Br)ccc1C=N. The molecule has 0 radical (unpaired) electrons. The topological polar surface area (TPSA) is 36.2 Å². The van der Waals surface area contributed by atoms with Gasteiger partial charge in [0, 0.05) is 22.5 Å². The van der Waals surface area contributed by atoms with Gasteiger partial charge in [-0.3, -0.25) is 4.99 Å². The third-order valence-corrected chi connectivity index (χ3v) is 2.05. The van der Waals surface area contributed by atoms with Crippen LogP contribution in [0.2, 0.25) is 0 Å². The number of rotatable bonds is 3. The summed E-state index contributed by atoms with van der Waals surface area (Å²) < 4.78 is 0.987. The molecule has 1 aromatic rings. The predicted molar refractivity (Wildman–Crippen MR) is 60.5 cm³/mol. The Labute approximate surface area is 86.3 Å². The van der Waals surface area contributed by atoms with Crippen LogP contribution in [0.5, 0.6) is 0 Å². The second-order valence-corrected chi connectivity index (χ2v) is 3.48. The zero-order valence-electron chi connectivity index (χ0n) is 7.42. The number of hydrogen-bond acceptors (Lipinski definition) is 2. The molecule has 0 aliphatic carbocycles. The van der Waals surface area contributed by atoms with E-state index in [-0.39, 0.29) is 0 Å². The van der Waals surface area contributed by atoms with Crippen molar-refractivity contribution < 1.29 is 0 Å². The minimum Gasteiger partial charge on any atom is -0.308 e. The number of nitrogens with one attached hydrogen (secondary N) is 1. The molecule has 0 fully saturated rings. The Morgan fingerprint density at radius 2 is 2.31 bits per heavy atom. The second-order valence-electron chi connectivity index (χ2n) is 2.57. The van der Waals surface area contributed by atoms with Gasteiger partial charge in [0.05, 0.1) is 5.69 Å². The normalized spacial score (nSPS) is 10.6. The van der Waals surface area contributed by atoms with Gasteiger partial charge in [-0.05, 0) is 18.6 Å². The van der Waals surface area contributed by atoms with Crippen LogP contribution in [0, 0.1) is 5.41 Å². The van der Waals surface area contributed by atoms with Gasteiger partial charge < -0.3 is 5.41 Å². The Balaban J connectivity index is 3.08. The third kappa shape index (κ3) is 2.77. The van der Waals surface area contributed by atoms with Crippen molar-refractivity contribution in [1.82, 2.24) is 0 Å². The summed E-state index contributed by atoms with van der Waals surface area (Å²) in [5.41, 5.74) is 1.68. The first-order valence-corrected chi connectivity index (χ1v) is 4.89.